The molecule has 0 radical (unpaired) electrons. The standard InChI is InChI=1S/C54H76N2O6/c1-31(57)30-56-42-28-53(6)45(51(4)27-39(34-17-12-19-36(58)25-34)48(61)50(2,3)47(42)51)23-22-41-46(44(60)29-52(41,53)5)38(32-14-9-8-10-15-32)26-43(59)49-54(7,62-49)40-21-13-20-37(40)33-16-11-18-35(55)24-33/h11-12,16-19,24-25,31-32,37-40,42-43,45,47,49,56-59H,8-10,13-15,20-23,26-30,55H2,1-7H3/t31-,37-,38-,39+,40+,42-,43+,45+,47-,49+,51-,52-,53-,54+/m0/s1. The first kappa shape index (κ1) is 44.2. The van der Waals surface area contributed by atoms with Crippen LogP contribution in [0.4, 0.5) is 5.69 Å². The molecule has 8 nitrogen and oxygen atoms in total. The van der Waals surface area contributed by atoms with E-state index in [0.717, 1.165) is 81.0 Å². The number of epoxide rings is 1. The van der Waals surface area contributed by atoms with Crippen molar-refractivity contribution in [1.29, 1.82) is 0 Å². The number of carbonyl (C=O) groups excluding carboxylic acids is 2. The van der Waals surface area contributed by atoms with Crippen LogP contribution in [0.25, 0.3) is 0 Å². The lowest BCUT2D eigenvalue weighted by Crippen LogP contribution is -2.69. The van der Waals surface area contributed by atoms with Crippen LogP contribution in [0, 0.1) is 51.2 Å². The monoisotopic (exact) mass is 849 g/mol. The molecule has 1 heterocycles. The molecule has 6 N–H and O–H groups in total. The van der Waals surface area contributed by atoms with Crippen molar-refractivity contribution in [3.8, 4) is 5.75 Å². The highest BCUT2D eigenvalue weighted by atomic mass is 16.6. The highest BCUT2D eigenvalue weighted by molar-refractivity contribution is 6.01. The van der Waals surface area contributed by atoms with Crippen molar-refractivity contribution in [2.45, 2.75) is 180 Å². The van der Waals surface area contributed by atoms with E-state index in [1.165, 1.54) is 17.6 Å². The first-order valence-corrected chi connectivity index (χ1v) is 24.6. The molecule has 1 saturated heterocycles. The van der Waals surface area contributed by atoms with Gasteiger partial charge in [0.1, 0.15) is 17.6 Å². The van der Waals surface area contributed by atoms with E-state index >= 15 is 4.79 Å². The van der Waals surface area contributed by atoms with Crippen LogP contribution in [0.3, 0.4) is 0 Å². The Hall–Kier alpha value is -3.04. The number of ether oxygens (including phenoxy) is 1. The first-order valence-electron chi connectivity index (χ1n) is 24.6. The molecule has 8 heteroatoms. The van der Waals surface area contributed by atoms with Crippen molar-refractivity contribution >= 4 is 17.3 Å². The minimum absolute atomic E-state index is 0.00557. The zero-order chi connectivity index (χ0) is 44.1. The number of phenols is 1. The second-order valence-electron chi connectivity index (χ2n) is 23.2. The molecule has 5 saturated carbocycles. The van der Waals surface area contributed by atoms with Crippen LogP contribution < -0.4 is 11.1 Å². The van der Waals surface area contributed by atoms with E-state index in [0.29, 0.717) is 43.6 Å². The molecule has 62 heavy (non-hydrogen) atoms. The lowest BCUT2D eigenvalue weighted by Gasteiger charge is -2.70. The number of nitrogens with two attached hydrogens (primary N) is 1. The Kier molecular flexibility index (Phi) is 11.3. The predicted molar refractivity (Wildman–Crippen MR) is 244 cm³/mol. The highest BCUT2D eigenvalue weighted by Crippen LogP contribution is 2.75. The third-order valence-corrected chi connectivity index (χ3v) is 19.3. The average Bonchev–Trinajstić information content (AvgIpc) is 3.52. The van der Waals surface area contributed by atoms with Gasteiger partial charge in [0, 0.05) is 41.4 Å². The number of nitrogen functional groups attached to an aromatic ring is 1. The van der Waals surface area contributed by atoms with Gasteiger partial charge in [0.2, 0.25) is 0 Å². The fourth-order valence-corrected chi connectivity index (χ4v) is 16.6. The van der Waals surface area contributed by atoms with Gasteiger partial charge in [-0.25, -0.2) is 0 Å². The SMILES string of the molecule is C[C@H](O)CN[C@H]1C[C@@]2(C)[C@H](CCC3=C([C@@H](C[C@@H](O)[C@H]4O[C@]4(C)[C@@H]4CCC[C@H]4c4cccc(N)c4)C4CCCCC4)C(=O)C[C@@]32C)[C@]2(C)C[C@H](c3cccc(O)c3)C(=O)C(C)(C)[C@H]12. The minimum Gasteiger partial charge on any atom is -0.508 e. The van der Waals surface area contributed by atoms with E-state index < -0.39 is 23.2 Å². The van der Waals surface area contributed by atoms with Crippen molar-refractivity contribution in [3.05, 3.63) is 70.8 Å². The van der Waals surface area contributed by atoms with Gasteiger partial charge in [0.05, 0.1) is 17.8 Å². The summed E-state index contributed by atoms with van der Waals surface area (Å²) in [6, 6.07) is 15.6. The Morgan fingerprint density at radius 2 is 1.60 bits per heavy atom. The number of carbonyl (C=O) groups is 2. The number of nitrogens with one attached hydrogen (secondary N) is 1. The lowest BCUT2D eigenvalue weighted by molar-refractivity contribution is -0.193. The highest BCUT2D eigenvalue weighted by Gasteiger charge is 2.71. The van der Waals surface area contributed by atoms with E-state index in [-0.39, 0.29) is 69.4 Å². The first-order chi connectivity index (χ1) is 29.3. The maximum absolute atomic E-state index is 15.2. The Bertz CT molecular complexity index is 2090. The largest absolute Gasteiger partial charge is 0.508 e. The summed E-state index contributed by atoms with van der Waals surface area (Å²) in [4.78, 5) is 29.9. The second-order valence-corrected chi connectivity index (χ2v) is 23.2. The molecular formula is C54H76N2O6. The van der Waals surface area contributed by atoms with Crippen LogP contribution in [0.1, 0.15) is 161 Å². The van der Waals surface area contributed by atoms with Crippen LogP contribution in [0.15, 0.2) is 59.7 Å². The number of benzene rings is 2. The minimum atomic E-state index is -0.664. The Balaban J connectivity index is 1.06. The number of hydrogen-bond donors (Lipinski definition) is 5. The molecule has 0 aromatic heterocycles. The van der Waals surface area contributed by atoms with E-state index in [2.05, 4.69) is 65.1 Å². The molecule has 14 atom stereocenters. The maximum atomic E-state index is 15.2. The normalized spacial score (nSPS) is 40.7. The number of allylic oxidation sites excluding steroid dienone is 2. The molecule has 6 aliphatic carbocycles. The topological polar surface area (TPSA) is 145 Å². The van der Waals surface area contributed by atoms with E-state index in [9.17, 15) is 20.1 Å². The average molecular weight is 849 g/mol. The third kappa shape index (κ3) is 6.97. The summed E-state index contributed by atoms with van der Waals surface area (Å²) < 4.78 is 6.66. The van der Waals surface area contributed by atoms with Crippen molar-refractivity contribution in [3.63, 3.8) is 0 Å². The Morgan fingerprint density at radius 3 is 2.31 bits per heavy atom. The number of rotatable bonds is 11. The fourth-order valence-electron chi connectivity index (χ4n) is 16.6. The second kappa shape index (κ2) is 15.8. The summed E-state index contributed by atoms with van der Waals surface area (Å²) in [5, 5.41) is 37.5. The molecule has 0 amide bonds. The number of hydrogen-bond acceptors (Lipinski definition) is 8. The van der Waals surface area contributed by atoms with Gasteiger partial charge in [-0.3, -0.25) is 9.59 Å². The zero-order valence-corrected chi connectivity index (χ0v) is 38.7. The molecule has 2 aromatic rings. The van der Waals surface area contributed by atoms with Gasteiger partial charge >= 0.3 is 0 Å². The molecule has 0 spiro atoms. The van der Waals surface area contributed by atoms with E-state index in [4.69, 9.17) is 10.5 Å². The third-order valence-electron chi connectivity index (χ3n) is 19.3. The fraction of sp³-hybridized carbons (Fsp3) is 0.704. The van der Waals surface area contributed by atoms with Crippen LogP contribution >= 0.6 is 0 Å². The van der Waals surface area contributed by atoms with Gasteiger partial charge in [-0.2, -0.15) is 0 Å². The maximum Gasteiger partial charge on any atom is 0.160 e. The number of anilines is 1. The van der Waals surface area contributed by atoms with Gasteiger partial charge < -0.3 is 31.1 Å². The summed E-state index contributed by atoms with van der Waals surface area (Å²) in [7, 11) is 0. The van der Waals surface area contributed by atoms with Crippen molar-refractivity contribution in [2.75, 3.05) is 12.3 Å². The summed E-state index contributed by atoms with van der Waals surface area (Å²) in [5.74, 6) is 1.62. The van der Waals surface area contributed by atoms with E-state index in [1.54, 1.807) is 12.1 Å². The predicted octanol–water partition coefficient (Wildman–Crippen LogP) is 9.80. The van der Waals surface area contributed by atoms with Gasteiger partial charge in [-0.1, -0.05) is 90.1 Å². The van der Waals surface area contributed by atoms with Crippen LogP contribution in [-0.4, -0.2) is 63.4 Å². The number of ketones is 2. The molecule has 6 fully saturated rings. The number of phenolic OH excluding ortho intramolecular Hbond substituents is 1. The quantitative estimate of drug-likeness (QED) is 0.111. The van der Waals surface area contributed by atoms with Crippen molar-refractivity contribution < 1.29 is 29.6 Å². The molecule has 9 rings (SSSR count). The number of aliphatic hydroxyl groups is 2. The number of aliphatic hydroxyl groups excluding tert-OH is 2. The van der Waals surface area contributed by atoms with Crippen LogP contribution in [0.2, 0.25) is 0 Å². The summed E-state index contributed by atoms with van der Waals surface area (Å²) in [5.41, 5.74) is 9.56. The molecular weight excluding hydrogens is 773 g/mol. The van der Waals surface area contributed by atoms with Gasteiger partial charge in [-0.05, 0) is 159 Å². The lowest BCUT2D eigenvalue weighted by atomic mass is 9.34. The van der Waals surface area contributed by atoms with E-state index in [1.807, 2.05) is 25.1 Å². The Morgan fingerprint density at radius 1 is 0.871 bits per heavy atom. The number of fused-ring (bicyclic) bond motifs is 5. The molecule has 0 bridgehead atoms. The van der Waals surface area contributed by atoms with Crippen LogP contribution in [0.5, 0.6) is 5.75 Å². The van der Waals surface area contributed by atoms with Gasteiger partial charge in [0.25, 0.3) is 0 Å². The number of Topliss-reactive ketones (excluding diaryl/α,β-unsaturated/α-hetero) is 2. The number of aromatic hydroxyl groups is 1. The zero-order valence-electron chi connectivity index (χ0n) is 38.7. The van der Waals surface area contributed by atoms with Crippen molar-refractivity contribution in [2.24, 2.45) is 51.2 Å². The summed E-state index contributed by atoms with van der Waals surface area (Å²) in [6.07, 6.45) is 11.9. The molecule has 1 aliphatic heterocycles. The molecule has 0 unspecified atom stereocenters. The molecule has 7 aliphatic rings. The molecule has 338 valence electrons. The van der Waals surface area contributed by atoms with Crippen LogP contribution in [-0.2, 0) is 14.3 Å². The van der Waals surface area contributed by atoms with Gasteiger partial charge in [-0.15, -0.1) is 0 Å². The van der Waals surface area contributed by atoms with Gasteiger partial charge in [0.15, 0.2) is 5.78 Å². The molecule has 2 aromatic carbocycles. The summed E-state index contributed by atoms with van der Waals surface area (Å²) in [6.45, 7) is 16.0. The Labute approximate surface area is 371 Å². The van der Waals surface area contributed by atoms with Crippen molar-refractivity contribution in [1.82, 2.24) is 5.32 Å². The summed E-state index contributed by atoms with van der Waals surface area (Å²) >= 11 is 0. The smallest absolute Gasteiger partial charge is 0.160 e.